The van der Waals surface area contributed by atoms with Crippen LogP contribution >= 0.6 is 23.2 Å². The maximum atomic E-state index is 13.3. The Morgan fingerprint density at radius 2 is 1.85 bits per heavy atom. The Morgan fingerprint density at radius 1 is 1.12 bits per heavy atom. The topological polar surface area (TPSA) is 106 Å². The molecule has 0 saturated heterocycles. The Morgan fingerprint density at radius 3 is 2.48 bits per heavy atom. The Balaban J connectivity index is 1.64. The zero-order valence-electron chi connectivity index (χ0n) is 18.4. The number of fused-ring (bicyclic) bond motifs is 1. The third-order valence-corrected chi connectivity index (χ3v) is 8.38. The lowest BCUT2D eigenvalue weighted by Crippen LogP contribution is -2.39. The van der Waals surface area contributed by atoms with Crippen LogP contribution in [0.4, 0.5) is 0 Å². The molecule has 0 unspecified atom stereocenters. The molecule has 1 amide bonds. The summed E-state index contributed by atoms with van der Waals surface area (Å²) in [6.07, 6.45) is 3.53. The fourth-order valence-corrected chi connectivity index (χ4v) is 6.10. The van der Waals surface area contributed by atoms with E-state index in [2.05, 4.69) is 15.2 Å². The van der Waals surface area contributed by atoms with Crippen LogP contribution in [0.3, 0.4) is 0 Å². The van der Waals surface area contributed by atoms with E-state index >= 15 is 0 Å². The molecule has 3 heterocycles. The molecule has 0 radical (unpaired) electrons. The van der Waals surface area contributed by atoms with Crippen LogP contribution in [0, 0.1) is 0 Å². The van der Waals surface area contributed by atoms with Gasteiger partial charge in [0, 0.05) is 39.4 Å². The number of sulfonamides is 1. The van der Waals surface area contributed by atoms with Crippen LogP contribution in [0.1, 0.15) is 30.0 Å². The first-order valence-corrected chi connectivity index (χ1v) is 12.6. The molecule has 4 rings (SSSR count). The second-order valence-corrected chi connectivity index (χ2v) is 10.3. The fraction of sp³-hybridized carbons (Fsp3) is 0.400. The molecule has 1 aromatic carbocycles. The number of rotatable bonds is 6. The lowest BCUT2D eigenvalue weighted by molar-refractivity contribution is 0.0708. The molecule has 0 spiro atoms. The summed E-state index contributed by atoms with van der Waals surface area (Å²) >= 11 is 12.5. The van der Waals surface area contributed by atoms with Crippen molar-refractivity contribution in [3.05, 3.63) is 46.1 Å². The molecular formula is C20H23Cl2N7O3S. The van der Waals surface area contributed by atoms with Crippen molar-refractivity contribution in [2.45, 2.75) is 31.8 Å². The van der Waals surface area contributed by atoms with E-state index in [1.165, 1.54) is 16.4 Å². The quantitative estimate of drug-likeness (QED) is 0.503. The monoisotopic (exact) mass is 511 g/mol. The maximum absolute atomic E-state index is 13.3. The number of benzene rings is 1. The molecule has 10 nitrogen and oxygen atoms in total. The van der Waals surface area contributed by atoms with E-state index in [0.717, 1.165) is 0 Å². The smallest absolute Gasteiger partial charge is 0.255 e. The first kappa shape index (κ1) is 23.7. The number of carbonyl (C=O) groups is 1. The van der Waals surface area contributed by atoms with Crippen LogP contribution in [0.15, 0.2) is 29.6 Å². The van der Waals surface area contributed by atoms with Gasteiger partial charge in [0.15, 0.2) is 11.6 Å². The van der Waals surface area contributed by atoms with Crippen LogP contribution in [0.2, 0.25) is 10.0 Å². The van der Waals surface area contributed by atoms with Crippen molar-refractivity contribution in [3.63, 3.8) is 0 Å². The summed E-state index contributed by atoms with van der Waals surface area (Å²) < 4.78 is 31.1. The average Bonchev–Trinajstić information content (AvgIpc) is 3.39. The number of aromatic nitrogens is 5. The van der Waals surface area contributed by atoms with Crippen molar-refractivity contribution < 1.29 is 13.2 Å². The molecule has 13 heteroatoms. The van der Waals surface area contributed by atoms with Gasteiger partial charge in [-0.2, -0.15) is 4.31 Å². The minimum absolute atomic E-state index is 0.0261. The number of hydrogen-bond donors (Lipinski definition) is 0. The molecule has 0 aliphatic carbocycles. The fourth-order valence-electron chi connectivity index (χ4n) is 3.81. The standard InChI is InChI=1S/C20H23Cl2N7O3S/c1-4-28(5-2)33(31,32)17-8-13(14(21)9-15(17)22)20(30)27-6-7-29-18(11-27)24-25-19(29)16-10-26(3)12-23-16/h8-10,12H,4-7,11H2,1-3H3. The van der Waals surface area contributed by atoms with Gasteiger partial charge in [0.25, 0.3) is 5.91 Å². The SMILES string of the molecule is CCN(CC)S(=O)(=O)c1cc(C(=O)N2CCn3c(nnc3-c3cn(C)cn3)C2)c(Cl)cc1Cl. The molecule has 2 aromatic heterocycles. The van der Waals surface area contributed by atoms with Crippen LogP contribution in [-0.2, 0) is 30.2 Å². The van der Waals surface area contributed by atoms with Crippen LogP contribution in [0.25, 0.3) is 11.5 Å². The first-order chi connectivity index (χ1) is 15.7. The third-order valence-electron chi connectivity index (χ3n) is 5.55. The van der Waals surface area contributed by atoms with Crippen molar-refractivity contribution in [1.29, 1.82) is 0 Å². The molecule has 0 bridgehead atoms. The lowest BCUT2D eigenvalue weighted by Gasteiger charge is -2.28. The van der Waals surface area contributed by atoms with Gasteiger partial charge in [-0.1, -0.05) is 37.0 Å². The number of halogens is 2. The van der Waals surface area contributed by atoms with Gasteiger partial charge in [0.2, 0.25) is 10.0 Å². The molecule has 33 heavy (non-hydrogen) atoms. The van der Waals surface area contributed by atoms with Gasteiger partial charge in [-0.25, -0.2) is 13.4 Å². The number of hydrogen-bond acceptors (Lipinski definition) is 6. The Kier molecular flexibility index (Phi) is 6.50. The zero-order chi connectivity index (χ0) is 23.9. The maximum Gasteiger partial charge on any atom is 0.255 e. The number of nitrogens with zero attached hydrogens (tertiary/aromatic N) is 7. The zero-order valence-corrected chi connectivity index (χ0v) is 20.7. The number of amides is 1. The van der Waals surface area contributed by atoms with Crippen molar-refractivity contribution >= 4 is 39.1 Å². The average molecular weight is 512 g/mol. The lowest BCUT2D eigenvalue weighted by atomic mass is 10.2. The minimum atomic E-state index is -3.87. The second kappa shape index (κ2) is 9.05. The predicted molar refractivity (Wildman–Crippen MR) is 124 cm³/mol. The van der Waals surface area contributed by atoms with Gasteiger partial charge in [0.05, 0.1) is 28.5 Å². The molecule has 0 N–H and O–H groups in total. The van der Waals surface area contributed by atoms with Crippen molar-refractivity contribution in [2.75, 3.05) is 19.6 Å². The minimum Gasteiger partial charge on any atom is -0.340 e. The highest BCUT2D eigenvalue weighted by atomic mass is 35.5. The van der Waals surface area contributed by atoms with E-state index < -0.39 is 15.9 Å². The molecule has 3 aromatic rings. The van der Waals surface area contributed by atoms with Gasteiger partial charge in [-0.15, -0.1) is 10.2 Å². The summed E-state index contributed by atoms with van der Waals surface area (Å²) in [6, 6.07) is 2.57. The van der Waals surface area contributed by atoms with Gasteiger partial charge in [-0.3, -0.25) is 4.79 Å². The molecule has 0 atom stereocenters. The molecule has 0 fully saturated rings. The van der Waals surface area contributed by atoms with Crippen LogP contribution in [0.5, 0.6) is 0 Å². The van der Waals surface area contributed by atoms with Crippen molar-refractivity contribution in [1.82, 2.24) is 33.5 Å². The Bertz CT molecular complexity index is 1320. The van der Waals surface area contributed by atoms with E-state index in [9.17, 15) is 13.2 Å². The molecule has 176 valence electrons. The molecule has 0 saturated carbocycles. The van der Waals surface area contributed by atoms with Gasteiger partial charge < -0.3 is 14.0 Å². The van der Waals surface area contributed by atoms with Crippen LogP contribution in [-0.4, -0.2) is 67.5 Å². The highest BCUT2D eigenvalue weighted by Gasteiger charge is 2.31. The summed E-state index contributed by atoms with van der Waals surface area (Å²) in [7, 11) is -2.00. The molecular weight excluding hydrogens is 489 g/mol. The largest absolute Gasteiger partial charge is 0.340 e. The van der Waals surface area contributed by atoms with Crippen molar-refractivity contribution in [2.24, 2.45) is 7.05 Å². The van der Waals surface area contributed by atoms with Gasteiger partial charge in [0.1, 0.15) is 10.6 Å². The summed E-state index contributed by atoms with van der Waals surface area (Å²) in [6.45, 7) is 5.08. The summed E-state index contributed by atoms with van der Waals surface area (Å²) in [5, 5.41) is 8.51. The van der Waals surface area contributed by atoms with Gasteiger partial charge >= 0.3 is 0 Å². The number of aryl methyl sites for hydroxylation is 1. The van der Waals surface area contributed by atoms with E-state index in [-0.39, 0.29) is 40.1 Å². The molecule has 1 aliphatic rings. The summed E-state index contributed by atoms with van der Waals surface area (Å²) in [5.41, 5.74) is 0.771. The Hall–Kier alpha value is -2.47. The number of carbonyl (C=O) groups excluding carboxylic acids is 1. The highest BCUT2D eigenvalue weighted by Crippen LogP contribution is 2.32. The van der Waals surface area contributed by atoms with E-state index in [0.29, 0.717) is 30.4 Å². The molecule has 1 aliphatic heterocycles. The van der Waals surface area contributed by atoms with Crippen molar-refractivity contribution in [3.8, 4) is 11.5 Å². The van der Waals surface area contributed by atoms with Gasteiger partial charge in [-0.05, 0) is 12.1 Å². The number of imidazole rings is 1. The van der Waals surface area contributed by atoms with E-state index in [1.807, 2.05) is 22.4 Å². The first-order valence-electron chi connectivity index (χ1n) is 10.4. The highest BCUT2D eigenvalue weighted by molar-refractivity contribution is 7.89. The third kappa shape index (κ3) is 4.25. The van der Waals surface area contributed by atoms with E-state index in [4.69, 9.17) is 23.2 Å². The predicted octanol–water partition coefficient (Wildman–Crippen LogP) is 2.67. The Labute approximate surface area is 201 Å². The normalized spacial score (nSPS) is 14.1. The van der Waals surface area contributed by atoms with Crippen LogP contribution < -0.4 is 0 Å². The summed E-state index contributed by atoms with van der Waals surface area (Å²) in [5.74, 6) is 0.840. The summed E-state index contributed by atoms with van der Waals surface area (Å²) in [4.78, 5) is 19.1. The van der Waals surface area contributed by atoms with E-state index in [1.54, 1.807) is 25.1 Å². The second-order valence-electron chi connectivity index (χ2n) is 7.59.